The Morgan fingerprint density at radius 3 is 2.69 bits per heavy atom. The number of benzene rings is 1. The molecule has 1 aromatic rings. The lowest BCUT2D eigenvalue weighted by Crippen LogP contribution is -2.13. The number of rotatable bonds is 3. The Morgan fingerprint density at radius 1 is 1.54 bits per heavy atom. The first-order valence-electron chi connectivity index (χ1n) is 4.16. The minimum atomic E-state index is -0.452. The summed E-state index contributed by atoms with van der Waals surface area (Å²) in [5.41, 5.74) is 6.64. The van der Waals surface area contributed by atoms with Crippen molar-refractivity contribution >= 4 is 5.91 Å². The van der Waals surface area contributed by atoms with Gasteiger partial charge in [-0.15, -0.1) is 0 Å². The summed E-state index contributed by atoms with van der Waals surface area (Å²) in [6, 6.07) is 5.40. The first kappa shape index (κ1) is 9.58. The molecule has 0 aliphatic carbocycles. The van der Waals surface area contributed by atoms with Crippen molar-refractivity contribution in [2.24, 2.45) is 5.73 Å². The van der Waals surface area contributed by atoms with Crippen molar-refractivity contribution in [3.63, 3.8) is 0 Å². The van der Waals surface area contributed by atoms with Crippen LogP contribution in [0.1, 0.15) is 22.8 Å². The van der Waals surface area contributed by atoms with E-state index in [-0.39, 0.29) is 0 Å². The van der Waals surface area contributed by atoms with Gasteiger partial charge in [0.25, 0.3) is 5.91 Å². The van der Waals surface area contributed by atoms with Crippen molar-refractivity contribution in [1.29, 1.82) is 0 Å². The second-order valence-corrected chi connectivity index (χ2v) is 2.72. The number of ether oxygens (including phenoxy) is 1. The van der Waals surface area contributed by atoms with Crippen LogP contribution in [0.4, 0.5) is 0 Å². The molecule has 0 heterocycles. The molecule has 0 aliphatic rings. The van der Waals surface area contributed by atoms with E-state index in [0.717, 1.165) is 12.0 Å². The molecule has 0 spiro atoms. The molecule has 1 rings (SSSR count). The average molecular weight is 179 g/mol. The van der Waals surface area contributed by atoms with Crippen LogP contribution in [-0.2, 0) is 6.42 Å². The molecule has 0 aromatic heterocycles. The topological polar surface area (TPSA) is 52.3 Å². The molecule has 2 N–H and O–H groups in total. The number of amides is 1. The van der Waals surface area contributed by atoms with Crippen LogP contribution in [0.5, 0.6) is 5.75 Å². The van der Waals surface area contributed by atoms with Crippen molar-refractivity contribution in [2.45, 2.75) is 13.3 Å². The van der Waals surface area contributed by atoms with Crippen molar-refractivity contribution in [2.75, 3.05) is 7.11 Å². The van der Waals surface area contributed by atoms with Crippen LogP contribution in [0.3, 0.4) is 0 Å². The lowest BCUT2D eigenvalue weighted by Gasteiger charge is -2.09. The van der Waals surface area contributed by atoms with Crippen LogP contribution in [-0.4, -0.2) is 13.0 Å². The van der Waals surface area contributed by atoms with Gasteiger partial charge in [0.15, 0.2) is 0 Å². The Kier molecular flexibility index (Phi) is 2.90. The second-order valence-electron chi connectivity index (χ2n) is 2.72. The van der Waals surface area contributed by atoms with Gasteiger partial charge < -0.3 is 10.5 Å². The van der Waals surface area contributed by atoms with Crippen LogP contribution in [0.15, 0.2) is 18.2 Å². The number of primary amides is 1. The van der Waals surface area contributed by atoms with E-state index in [0.29, 0.717) is 11.3 Å². The molecular weight excluding hydrogens is 166 g/mol. The molecule has 70 valence electrons. The van der Waals surface area contributed by atoms with Crippen LogP contribution in [0.25, 0.3) is 0 Å². The van der Waals surface area contributed by atoms with Crippen LogP contribution in [0, 0.1) is 0 Å². The van der Waals surface area contributed by atoms with E-state index in [1.165, 1.54) is 0 Å². The highest BCUT2D eigenvalue weighted by atomic mass is 16.5. The average Bonchev–Trinajstić information content (AvgIpc) is 2.16. The van der Waals surface area contributed by atoms with Gasteiger partial charge in [-0.2, -0.15) is 0 Å². The smallest absolute Gasteiger partial charge is 0.252 e. The Hall–Kier alpha value is -1.51. The number of hydrogen-bond acceptors (Lipinski definition) is 2. The summed E-state index contributed by atoms with van der Waals surface area (Å²) < 4.78 is 5.13. The van der Waals surface area contributed by atoms with Gasteiger partial charge in [-0.05, 0) is 18.1 Å². The molecule has 0 saturated carbocycles. The zero-order valence-corrected chi connectivity index (χ0v) is 7.83. The van der Waals surface area contributed by atoms with Gasteiger partial charge in [0, 0.05) is 0 Å². The van der Waals surface area contributed by atoms with Crippen LogP contribution >= 0.6 is 0 Å². The quantitative estimate of drug-likeness (QED) is 0.761. The summed E-state index contributed by atoms with van der Waals surface area (Å²) in [6.07, 6.45) is 0.824. The normalized spacial score (nSPS) is 9.69. The van der Waals surface area contributed by atoms with Crippen molar-refractivity contribution in [3.05, 3.63) is 29.3 Å². The van der Waals surface area contributed by atoms with Crippen molar-refractivity contribution in [3.8, 4) is 5.75 Å². The van der Waals surface area contributed by atoms with Crippen molar-refractivity contribution in [1.82, 2.24) is 0 Å². The Bertz CT molecular complexity index is 321. The van der Waals surface area contributed by atoms with E-state index in [1.807, 2.05) is 13.0 Å². The Labute approximate surface area is 77.5 Å². The van der Waals surface area contributed by atoms with E-state index in [2.05, 4.69) is 0 Å². The van der Waals surface area contributed by atoms with Gasteiger partial charge in [-0.3, -0.25) is 4.79 Å². The molecule has 0 fully saturated rings. The van der Waals surface area contributed by atoms with E-state index in [4.69, 9.17) is 10.5 Å². The van der Waals surface area contributed by atoms with Gasteiger partial charge in [0.05, 0.1) is 12.7 Å². The summed E-state index contributed by atoms with van der Waals surface area (Å²) in [7, 11) is 1.54. The minimum Gasteiger partial charge on any atom is -0.496 e. The zero-order chi connectivity index (χ0) is 9.84. The predicted octanol–water partition coefficient (Wildman–Crippen LogP) is 1.36. The Balaban J connectivity index is 3.27. The lowest BCUT2D eigenvalue weighted by atomic mass is 10.1. The van der Waals surface area contributed by atoms with E-state index in [1.54, 1.807) is 19.2 Å². The first-order valence-corrected chi connectivity index (χ1v) is 4.16. The second kappa shape index (κ2) is 3.94. The third-order valence-electron chi connectivity index (χ3n) is 1.95. The SMILES string of the molecule is CCc1cccc(C(N)=O)c1OC. The van der Waals surface area contributed by atoms with Crippen LogP contribution < -0.4 is 10.5 Å². The van der Waals surface area contributed by atoms with Crippen LogP contribution in [0.2, 0.25) is 0 Å². The molecule has 13 heavy (non-hydrogen) atoms. The summed E-state index contributed by atoms with van der Waals surface area (Å²) in [5.74, 6) is 0.143. The molecule has 0 radical (unpaired) electrons. The standard InChI is InChI=1S/C10H13NO2/c1-3-7-5-4-6-8(10(11)12)9(7)13-2/h4-6H,3H2,1-2H3,(H2,11,12). The Morgan fingerprint density at radius 2 is 2.23 bits per heavy atom. The van der Waals surface area contributed by atoms with Crippen molar-refractivity contribution < 1.29 is 9.53 Å². The molecule has 1 aromatic carbocycles. The fourth-order valence-electron chi connectivity index (χ4n) is 1.30. The third-order valence-corrected chi connectivity index (χ3v) is 1.95. The molecule has 3 nitrogen and oxygen atoms in total. The fourth-order valence-corrected chi connectivity index (χ4v) is 1.30. The maximum absolute atomic E-state index is 11.0. The van der Waals surface area contributed by atoms with Gasteiger partial charge in [0.2, 0.25) is 0 Å². The number of carbonyl (C=O) groups excluding carboxylic acids is 1. The minimum absolute atomic E-state index is 0.446. The molecule has 3 heteroatoms. The lowest BCUT2D eigenvalue weighted by molar-refractivity contribution is 0.0997. The monoisotopic (exact) mass is 179 g/mol. The molecule has 0 saturated heterocycles. The first-order chi connectivity index (χ1) is 6.20. The molecule has 0 atom stereocenters. The number of hydrogen-bond donors (Lipinski definition) is 1. The summed E-state index contributed by atoms with van der Waals surface area (Å²) in [6.45, 7) is 2.00. The summed E-state index contributed by atoms with van der Waals surface area (Å²) >= 11 is 0. The maximum atomic E-state index is 11.0. The molecular formula is C10H13NO2. The van der Waals surface area contributed by atoms with E-state index in [9.17, 15) is 4.79 Å². The highest BCUT2D eigenvalue weighted by molar-refractivity contribution is 5.96. The van der Waals surface area contributed by atoms with E-state index >= 15 is 0 Å². The number of aryl methyl sites for hydroxylation is 1. The maximum Gasteiger partial charge on any atom is 0.252 e. The zero-order valence-electron chi connectivity index (χ0n) is 7.83. The molecule has 1 amide bonds. The molecule has 0 bridgehead atoms. The highest BCUT2D eigenvalue weighted by Crippen LogP contribution is 2.23. The number of carbonyl (C=O) groups is 1. The van der Waals surface area contributed by atoms with E-state index < -0.39 is 5.91 Å². The number of nitrogens with two attached hydrogens (primary N) is 1. The fraction of sp³-hybridized carbons (Fsp3) is 0.300. The largest absolute Gasteiger partial charge is 0.496 e. The molecule has 0 unspecified atom stereocenters. The third kappa shape index (κ3) is 1.80. The highest BCUT2D eigenvalue weighted by Gasteiger charge is 2.11. The van der Waals surface area contributed by atoms with Gasteiger partial charge in [-0.1, -0.05) is 19.1 Å². The molecule has 0 aliphatic heterocycles. The van der Waals surface area contributed by atoms with Gasteiger partial charge in [0.1, 0.15) is 5.75 Å². The predicted molar refractivity (Wildman–Crippen MR) is 50.9 cm³/mol. The summed E-state index contributed by atoms with van der Waals surface area (Å²) in [5, 5.41) is 0. The number of methoxy groups -OCH3 is 1. The number of para-hydroxylation sites is 1. The van der Waals surface area contributed by atoms with Gasteiger partial charge >= 0.3 is 0 Å². The summed E-state index contributed by atoms with van der Waals surface area (Å²) in [4.78, 5) is 11.0. The van der Waals surface area contributed by atoms with Gasteiger partial charge in [-0.25, -0.2) is 0 Å².